The summed E-state index contributed by atoms with van der Waals surface area (Å²) in [5.74, 6) is 0. The number of allylic oxidation sites excluding steroid dienone is 1. The van der Waals surface area contributed by atoms with Crippen molar-refractivity contribution >= 4 is 19.3 Å². The van der Waals surface area contributed by atoms with Crippen molar-refractivity contribution in [2.45, 2.75) is 6.92 Å². The highest BCUT2D eigenvalue weighted by molar-refractivity contribution is 6.58. The first-order valence-corrected chi connectivity index (χ1v) is 5.22. The zero-order chi connectivity index (χ0) is 5.82. The van der Waals surface area contributed by atoms with Gasteiger partial charge in [0.15, 0.2) is 0 Å². The molecular formula is C3H8O3Si2. The van der Waals surface area contributed by atoms with E-state index in [1.807, 2.05) is 18.7 Å². The molecule has 0 aliphatic carbocycles. The van der Waals surface area contributed by atoms with E-state index in [1.165, 1.54) is 0 Å². The van der Waals surface area contributed by atoms with Gasteiger partial charge in [0.05, 0.1) is 0 Å². The second-order valence-corrected chi connectivity index (χ2v) is 4.51. The number of hydrogen-bond acceptors (Lipinski definition) is 3. The number of hydrogen-bond donors (Lipinski definition) is 0. The SMILES string of the molecule is CC=C[SiH]1OO[SiH2]O1. The molecule has 1 rings (SSSR count). The van der Waals surface area contributed by atoms with Crippen LogP contribution in [0.2, 0.25) is 0 Å². The van der Waals surface area contributed by atoms with E-state index in [0.29, 0.717) is 0 Å². The fourth-order valence-corrected chi connectivity index (χ4v) is 3.02. The monoisotopic (exact) mass is 148 g/mol. The smallest absolute Gasteiger partial charge is 0.374 e. The van der Waals surface area contributed by atoms with Gasteiger partial charge in [-0.25, -0.2) is 0 Å². The lowest BCUT2D eigenvalue weighted by Crippen LogP contribution is -2.09. The molecule has 0 N–H and O–H groups in total. The van der Waals surface area contributed by atoms with Crippen LogP contribution in [0.1, 0.15) is 6.92 Å². The molecular weight excluding hydrogens is 140 g/mol. The lowest BCUT2D eigenvalue weighted by molar-refractivity contribution is -0.0903. The molecule has 0 spiro atoms. The Morgan fingerprint density at radius 3 is 3.00 bits per heavy atom. The molecule has 0 radical (unpaired) electrons. The van der Waals surface area contributed by atoms with Crippen molar-refractivity contribution < 1.29 is 13.3 Å². The van der Waals surface area contributed by atoms with Gasteiger partial charge < -0.3 is 4.12 Å². The fraction of sp³-hybridized carbons (Fsp3) is 0.333. The average Bonchev–Trinajstić information content (AvgIpc) is 2.19. The van der Waals surface area contributed by atoms with Gasteiger partial charge in [-0.1, -0.05) is 6.08 Å². The molecule has 1 aliphatic heterocycles. The van der Waals surface area contributed by atoms with Crippen LogP contribution >= 0.6 is 0 Å². The molecule has 1 heterocycles. The van der Waals surface area contributed by atoms with Crippen LogP contribution in [0, 0.1) is 0 Å². The molecule has 0 aromatic heterocycles. The van der Waals surface area contributed by atoms with Crippen LogP contribution in [0.25, 0.3) is 0 Å². The summed E-state index contributed by atoms with van der Waals surface area (Å²) >= 11 is 0. The first-order valence-electron chi connectivity index (χ1n) is 2.46. The molecule has 1 unspecified atom stereocenters. The fourth-order valence-electron chi connectivity index (χ4n) is 0.462. The van der Waals surface area contributed by atoms with E-state index in [0.717, 1.165) is 0 Å². The summed E-state index contributed by atoms with van der Waals surface area (Å²) in [5, 5.41) is 0. The highest BCUT2D eigenvalue weighted by Crippen LogP contribution is 1.98. The van der Waals surface area contributed by atoms with E-state index < -0.39 is 19.3 Å². The van der Waals surface area contributed by atoms with Crippen molar-refractivity contribution in [3.05, 3.63) is 11.8 Å². The number of rotatable bonds is 1. The summed E-state index contributed by atoms with van der Waals surface area (Å²) < 4.78 is 14.6. The second kappa shape index (κ2) is 3.15. The van der Waals surface area contributed by atoms with Crippen molar-refractivity contribution in [2.24, 2.45) is 0 Å². The van der Waals surface area contributed by atoms with Crippen molar-refractivity contribution in [2.75, 3.05) is 0 Å². The molecule has 0 saturated carbocycles. The van der Waals surface area contributed by atoms with Crippen LogP contribution in [0.4, 0.5) is 0 Å². The summed E-state index contributed by atoms with van der Waals surface area (Å²) in [6.07, 6.45) is 1.93. The maximum absolute atomic E-state index is 5.14. The van der Waals surface area contributed by atoms with Gasteiger partial charge in [-0.05, 0) is 12.6 Å². The minimum Gasteiger partial charge on any atom is -0.415 e. The van der Waals surface area contributed by atoms with Crippen LogP contribution in [0.3, 0.4) is 0 Å². The van der Waals surface area contributed by atoms with E-state index in [2.05, 4.69) is 4.58 Å². The molecule has 1 saturated heterocycles. The average molecular weight is 148 g/mol. The molecule has 5 heteroatoms. The van der Waals surface area contributed by atoms with Crippen molar-refractivity contribution in [1.29, 1.82) is 0 Å². The zero-order valence-electron chi connectivity index (χ0n) is 4.66. The van der Waals surface area contributed by atoms with Crippen LogP contribution < -0.4 is 0 Å². The van der Waals surface area contributed by atoms with Gasteiger partial charge in [-0.2, -0.15) is 0 Å². The standard InChI is InChI=1S/C3H8O3Si2/c1-2-3-8-5-4-7-6-8/h2-3,8H,7H2,1H3. The predicted octanol–water partition coefficient (Wildman–Crippen LogP) is -0.701. The lowest BCUT2D eigenvalue weighted by atomic mass is 10.8. The molecule has 8 heavy (non-hydrogen) atoms. The zero-order valence-corrected chi connectivity index (χ0v) is 7.23. The summed E-state index contributed by atoms with van der Waals surface area (Å²) in [6.45, 7) is 1.94. The Balaban J connectivity index is 2.24. The van der Waals surface area contributed by atoms with Crippen LogP contribution in [-0.2, 0) is 13.3 Å². The first-order chi connectivity index (χ1) is 3.93. The summed E-state index contributed by atoms with van der Waals surface area (Å²) in [6, 6.07) is 0. The van der Waals surface area contributed by atoms with Crippen LogP contribution in [0.15, 0.2) is 11.8 Å². The Labute approximate surface area is 52.1 Å². The summed E-state index contributed by atoms with van der Waals surface area (Å²) in [7, 11) is -2.16. The Hall–Kier alpha value is 0.0538. The minimum atomic E-state index is -1.42. The minimum absolute atomic E-state index is 0.736. The second-order valence-electron chi connectivity index (χ2n) is 1.39. The van der Waals surface area contributed by atoms with E-state index in [4.69, 9.17) is 8.69 Å². The molecule has 1 fully saturated rings. The lowest BCUT2D eigenvalue weighted by Gasteiger charge is -1.92. The van der Waals surface area contributed by atoms with Crippen molar-refractivity contribution in [3.63, 3.8) is 0 Å². The van der Waals surface area contributed by atoms with Gasteiger partial charge in [-0.3, -0.25) is 9.15 Å². The Kier molecular flexibility index (Phi) is 2.44. The van der Waals surface area contributed by atoms with Gasteiger partial charge in [0.25, 0.3) is 0 Å². The van der Waals surface area contributed by atoms with Gasteiger partial charge in [0.1, 0.15) is 0 Å². The Bertz CT molecular complexity index is 88.5. The third-order valence-electron chi connectivity index (χ3n) is 0.793. The highest BCUT2D eigenvalue weighted by Gasteiger charge is 2.16. The van der Waals surface area contributed by atoms with E-state index in [9.17, 15) is 0 Å². The van der Waals surface area contributed by atoms with Gasteiger partial charge in [0.2, 0.25) is 0 Å². The maximum Gasteiger partial charge on any atom is 0.374 e. The third-order valence-corrected chi connectivity index (χ3v) is 4.18. The molecule has 3 nitrogen and oxygen atoms in total. The van der Waals surface area contributed by atoms with Gasteiger partial charge in [0, 0.05) is 0 Å². The molecule has 0 aromatic carbocycles. The summed E-state index contributed by atoms with van der Waals surface area (Å²) in [4.78, 5) is 0. The predicted molar refractivity (Wildman–Crippen MR) is 33.8 cm³/mol. The normalized spacial score (nSPS) is 32.9. The first kappa shape index (κ1) is 6.18. The van der Waals surface area contributed by atoms with E-state index in [1.54, 1.807) is 0 Å². The third kappa shape index (κ3) is 1.53. The van der Waals surface area contributed by atoms with Gasteiger partial charge >= 0.3 is 19.3 Å². The van der Waals surface area contributed by atoms with Crippen molar-refractivity contribution in [1.82, 2.24) is 0 Å². The largest absolute Gasteiger partial charge is 0.415 e. The topological polar surface area (TPSA) is 27.7 Å². The summed E-state index contributed by atoms with van der Waals surface area (Å²) in [5.41, 5.74) is 1.94. The molecule has 46 valence electrons. The Morgan fingerprint density at radius 1 is 1.62 bits per heavy atom. The molecule has 1 aliphatic rings. The molecule has 0 bridgehead atoms. The Morgan fingerprint density at radius 2 is 2.50 bits per heavy atom. The van der Waals surface area contributed by atoms with Crippen LogP contribution in [0.5, 0.6) is 0 Å². The van der Waals surface area contributed by atoms with Crippen molar-refractivity contribution in [3.8, 4) is 0 Å². The van der Waals surface area contributed by atoms with E-state index >= 15 is 0 Å². The van der Waals surface area contributed by atoms with Gasteiger partial charge in [-0.15, -0.1) is 0 Å². The maximum atomic E-state index is 5.14. The quantitative estimate of drug-likeness (QED) is 0.363. The molecule has 0 amide bonds. The molecule has 1 atom stereocenters. The highest BCUT2D eigenvalue weighted by atomic mass is 28.4. The van der Waals surface area contributed by atoms with E-state index in [-0.39, 0.29) is 0 Å². The van der Waals surface area contributed by atoms with Crippen LogP contribution in [-0.4, -0.2) is 19.3 Å². The molecule has 0 aromatic rings.